The predicted molar refractivity (Wildman–Crippen MR) is 111 cm³/mol. The molecule has 2 aromatic carbocycles. The lowest BCUT2D eigenvalue weighted by atomic mass is 10.1. The van der Waals surface area contributed by atoms with Gasteiger partial charge in [-0.3, -0.25) is 0 Å². The van der Waals surface area contributed by atoms with Gasteiger partial charge >= 0.3 is 0 Å². The van der Waals surface area contributed by atoms with Crippen molar-refractivity contribution in [1.82, 2.24) is 15.0 Å². The molecule has 1 aromatic heterocycles. The van der Waals surface area contributed by atoms with Crippen molar-refractivity contribution in [2.75, 3.05) is 5.73 Å². The first-order valence-electron chi connectivity index (χ1n) is 8.07. The molecule has 0 saturated carbocycles. The number of hydrogen-bond acceptors (Lipinski definition) is 9. The molecule has 0 radical (unpaired) electrons. The van der Waals surface area contributed by atoms with Crippen molar-refractivity contribution < 1.29 is 15.3 Å². The summed E-state index contributed by atoms with van der Waals surface area (Å²) in [6.45, 7) is 0. The van der Waals surface area contributed by atoms with Crippen molar-refractivity contribution >= 4 is 53.5 Å². The zero-order valence-electron chi connectivity index (χ0n) is 14.6. The minimum atomic E-state index is -1.19. The maximum Gasteiger partial charge on any atom is 0.256 e. The summed E-state index contributed by atoms with van der Waals surface area (Å²) in [7, 11) is 0. The van der Waals surface area contributed by atoms with Crippen LogP contribution in [0.1, 0.15) is 17.2 Å². The van der Waals surface area contributed by atoms with Gasteiger partial charge in [0.15, 0.2) is 11.5 Å². The number of nitrogens with two attached hydrogens (primary N) is 1. The van der Waals surface area contributed by atoms with Crippen molar-refractivity contribution in [2.24, 2.45) is 9.98 Å². The first-order chi connectivity index (χ1) is 13.8. The molecule has 0 aliphatic rings. The summed E-state index contributed by atoms with van der Waals surface area (Å²) in [6.07, 6.45) is 1.34. The van der Waals surface area contributed by atoms with Gasteiger partial charge in [-0.05, 0) is 29.8 Å². The second kappa shape index (κ2) is 8.82. The number of aromatic nitrogens is 3. The molecule has 3 aromatic rings. The van der Waals surface area contributed by atoms with Crippen molar-refractivity contribution in [3.63, 3.8) is 0 Å². The summed E-state index contributed by atoms with van der Waals surface area (Å²) >= 11 is 12.2. The highest BCUT2D eigenvalue weighted by Gasteiger charge is 2.09. The molecular weight excluding hydrogens is 419 g/mol. The zero-order valence-corrected chi connectivity index (χ0v) is 16.1. The van der Waals surface area contributed by atoms with Crippen molar-refractivity contribution in [2.45, 2.75) is 6.10 Å². The molecule has 0 aliphatic heterocycles. The molecule has 1 atom stereocenters. The number of nitrogen functional groups attached to an aromatic ring is 1. The van der Waals surface area contributed by atoms with E-state index in [1.54, 1.807) is 18.2 Å². The molecule has 0 spiro atoms. The lowest BCUT2D eigenvalue weighted by Crippen LogP contribution is -2.00. The van der Waals surface area contributed by atoms with E-state index in [4.69, 9.17) is 28.9 Å². The van der Waals surface area contributed by atoms with E-state index in [2.05, 4.69) is 24.9 Å². The lowest BCUT2D eigenvalue weighted by Gasteiger charge is -2.06. The SMILES string of the molecule is Nc1nc(N=Cc2c(Cl)cccc2Cl)nc(N=CC(O)c2ccc(O)c(O)c2)n1. The van der Waals surface area contributed by atoms with Crippen molar-refractivity contribution in [3.05, 3.63) is 57.6 Å². The molecule has 9 nitrogen and oxygen atoms in total. The number of anilines is 1. The first kappa shape index (κ1) is 20.5. The maximum atomic E-state index is 10.1. The summed E-state index contributed by atoms with van der Waals surface area (Å²) in [5.41, 5.74) is 6.45. The van der Waals surface area contributed by atoms with Gasteiger partial charge in [-0.15, -0.1) is 0 Å². The van der Waals surface area contributed by atoms with E-state index in [0.29, 0.717) is 21.2 Å². The van der Waals surface area contributed by atoms with Gasteiger partial charge in [0.05, 0.1) is 10.0 Å². The summed E-state index contributed by atoms with van der Waals surface area (Å²) in [6, 6.07) is 8.90. The Hall–Kier alpha value is -3.27. The van der Waals surface area contributed by atoms with Gasteiger partial charge < -0.3 is 21.1 Å². The molecule has 148 valence electrons. The third-order valence-electron chi connectivity index (χ3n) is 3.61. The van der Waals surface area contributed by atoms with Crippen LogP contribution in [0.3, 0.4) is 0 Å². The van der Waals surface area contributed by atoms with E-state index in [-0.39, 0.29) is 29.3 Å². The second-order valence-corrected chi connectivity index (χ2v) is 6.47. The van der Waals surface area contributed by atoms with Gasteiger partial charge in [0, 0.05) is 18.0 Å². The third kappa shape index (κ3) is 5.17. The normalized spacial score (nSPS) is 12.7. The Bertz CT molecular complexity index is 1090. The molecule has 0 fully saturated rings. The number of aliphatic hydroxyl groups excluding tert-OH is 1. The maximum absolute atomic E-state index is 10.1. The Kier molecular flexibility index (Phi) is 6.23. The zero-order chi connectivity index (χ0) is 21.0. The van der Waals surface area contributed by atoms with Gasteiger partial charge in [-0.25, -0.2) is 9.98 Å². The van der Waals surface area contributed by atoms with E-state index >= 15 is 0 Å². The molecule has 29 heavy (non-hydrogen) atoms. The Balaban J connectivity index is 1.82. The van der Waals surface area contributed by atoms with E-state index in [9.17, 15) is 15.3 Å². The van der Waals surface area contributed by atoms with E-state index < -0.39 is 6.10 Å². The number of aliphatic imine (C=N–C) groups is 2. The average molecular weight is 433 g/mol. The summed E-state index contributed by atoms with van der Waals surface area (Å²) in [4.78, 5) is 19.8. The Labute approximate surface area is 174 Å². The molecule has 0 aliphatic carbocycles. The minimum absolute atomic E-state index is 0.0302. The Morgan fingerprint density at radius 1 is 0.931 bits per heavy atom. The number of rotatable bonds is 5. The fourth-order valence-electron chi connectivity index (χ4n) is 2.19. The molecule has 3 rings (SSSR count). The van der Waals surface area contributed by atoms with Gasteiger partial charge in [-0.1, -0.05) is 35.3 Å². The largest absolute Gasteiger partial charge is 0.504 e. The van der Waals surface area contributed by atoms with Crippen LogP contribution in [0.2, 0.25) is 10.0 Å². The van der Waals surface area contributed by atoms with Crippen LogP contribution >= 0.6 is 23.2 Å². The predicted octanol–water partition coefficient (Wildman–Crippen LogP) is 3.36. The van der Waals surface area contributed by atoms with Crippen LogP contribution in [0.4, 0.5) is 17.8 Å². The van der Waals surface area contributed by atoms with Crippen LogP contribution in [0.15, 0.2) is 46.4 Å². The highest BCUT2D eigenvalue weighted by atomic mass is 35.5. The molecule has 1 unspecified atom stereocenters. The average Bonchev–Trinajstić information content (AvgIpc) is 2.67. The molecular formula is C18H14Cl2N6O3. The molecule has 0 bridgehead atoms. The monoisotopic (exact) mass is 432 g/mol. The standard InChI is InChI=1S/C18H14Cl2N6O3/c19-11-2-1-3-12(20)10(11)7-22-17-24-16(21)25-18(26-17)23-8-15(29)9-4-5-13(27)14(28)6-9/h1-8,15,27-29H,(H2,21,24,25,26). The second-order valence-electron chi connectivity index (χ2n) is 5.66. The summed E-state index contributed by atoms with van der Waals surface area (Å²) in [5.74, 6) is -0.908. The highest BCUT2D eigenvalue weighted by Crippen LogP contribution is 2.27. The number of phenols is 2. The van der Waals surface area contributed by atoms with E-state index in [1.807, 2.05) is 0 Å². The molecule has 1 heterocycles. The topological polar surface area (TPSA) is 150 Å². The number of nitrogens with zero attached hydrogens (tertiary/aromatic N) is 5. The number of halogens is 2. The van der Waals surface area contributed by atoms with Gasteiger partial charge in [0.25, 0.3) is 11.9 Å². The van der Waals surface area contributed by atoms with Crippen LogP contribution in [0.5, 0.6) is 11.5 Å². The number of hydrogen-bond donors (Lipinski definition) is 4. The van der Waals surface area contributed by atoms with Crippen LogP contribution in [-0.4, -0.2) is 42.7 Å². The lowest BCUT2D eigenvalue weighted by molar-refractivity contribution is 0.251. The van der Waals surface area contributed by atoms with Crippen molar-refractivity contribution in [1.29, 1.82) is 0 Å². The summed E-state index contributed by atoms with van der Waals surface area (Å²) < 4.78 is 0. The van der Waals surface area contributed by atoms with E-state index in [0.717, 1.165) is 6.21 Å². The Morgan fingerprint density at radius 3 is 2.24 bits per heavy atom. The number of benzene rings is 2. The van der Waals surface area contributed by atoms with Crippen LogP contribution in [0, 0.1) is 0 Å². The smallest absolute Gasteiger partial charge is 0.256 e. The van der Waals surface area contributed by atoms with Crippen LogP contribution < -0.4 is 5.73 Å². The third-order valence-corrected chi connectivity index (χ3v) is 4.27. The van der Waals surface area contributed by atoms with Crippen LogP contribution in [-0.2, 0) is 0 Å². The fourth-order valence-corrected chi connectivity index (χ4v) is 2.68. The van der Waals surface area contributed by atoms with Gasteiger partial charge in [0.1, 0.15) is 6.10 Å². The van der Waals surface area contributed by atoms with Gasteiger partial charge in [0.2, 0.25) is 5.95 Å². The molecule has 0 amide bonds. The van der Waals surface area contributed by atoms with Crippen molar-refractivity contribution in [3.8, 4) is 11.5 Å². The molecule has 5 N–H and O–H groups in total. The quantitative estimate of drug-likeness (QED) is 0.356. The molecule has 11 heteroatoms. The number of phenolic OH excluding ortho intramolecular Hbond substituents is 2. The van der Waals surface area contributed by atoms with E-state index in [1.165, 1.54) is 24.4 Å². The highest BCUT2D eigenvalue weighted by molar-refractivity contribution is 6.38. The minimum Gasteiger partial charge on any atom is -0.504 e. The number of aliphatic hydroxyl groups is 1. The van der Waals surface area contributed by atoms with Crippen LogP contribution in [0.25, 0.3) is 0 Å². The first-order valence-corrected chi connectivity index (χ1v) is 8.83. The van der Waals surface area contributed by atoms with Gasteiger partial charge in [-0.2, -0.15) is 15.0 Å². The Morgan fingerprint density at radius 2 is 1.59 bits per heavy atom. The molecule has 0 saturated heterocycles. The number of aromatic hydroxyl groups is 2. The fraction of sp³-hybridized carbons (Fsp3) is 0.0556. The summed E-state index contributed by atoms with van der Waals surface area (Å²) in [5, 5.41) is 29.8.